The predicted molar refractivity (Wildman–Crippen MR) is 96.1 cm³/mol. The molecule has 0 saturated carbocycles. The summed E-state index contributed by atoms with van der Waals surface area (Å²) < 4.78 is 40.0. The molecule has 0 aliphatic carbocycles. The molecule has 28 heavy (non-hydrogen) atoms. The second-order valence-electron chi connectivity index (χ2n) is 7.16. The van der Waals surface area contributed by atoms with Crippen molar-refractivity contribution in [1.29, 1.82) is 0 Å². The Balaban J connectivity index is 1.43. The lowest BCUT2D eigenvalue weighted by Gasteiger charge is -2.46. The first kappa shape index (κ1) is 18.3. The third kappa shape index (κ3) is 3.42. The molecule has 0 atom stereocenters. The van der Waals surface area contributed by atoms with Gasteiger partial charge in [-0.15, -0.1) is 0 Å². The summed E-state index contributed by atoms with van der Waals surface area (Å²) in [5.41, 5.74) is 0.219. The summed E-state index contributed by atoms with van der Waals surface area (Å²) in [5.74, 6) is -3.02. The molecule has 1 saturated heterocycles. The molecule has 1 fully saturated rings. The second-order valence-corrected chi connectivity index (χ2v) is 7.16. The maximum absolute atomic E-state index is 13.6. The highest BCUT2D eigenvalue weighted by Crippen LogP contribution is 2.32. The van der Waals surface area contributed by atoms with Crippen molar-refractivity contribution in [3.63, 3.8) is 0 Å². The number of rotatable bonds is 2. The van der Waals surface area contributed by atoms with Crippen molar-refractivity contribution in [2.45, 2.75) is 24.9 Å². The van der Waals surface area contributed by atoms with Gasteiger partial charge in [-0.1, -0.05) is 12.1 Å². The number of carbonyl (C=O) groups is 2. The zero-order valence-corrected chi connectivity index (χ0v) is 14.9. The van der Waals surface area contributed by atoms with E-state index in [1.807, 2.05) is 0 Å². The molecule has 2 heterocycles. The number of likely N-dealkylation sites (tertiary alicyclic amines) is 1. The van der Waals surface area contributed by atoms with Crippen molar-refractivity contribution in [2.75, 3.05) is 18.4 Å². The van der Waals surface area contributed by atoms with E-state index in [2.05, 4.69) is 10.6 Å². The lowest BCUT2D eigenvalue weighted by atomic mass is 9.92. The number of piperidine rings is 1. The highest BCUT2D eigenvalue weighted by atomic mass is 19.2. The molecule has 0 aromatic heterocycles. The van der Waals surface area contributed by atoms with Gasteiger partial charge >= 0.3 is 0 Å². The first-order valence-corrected chi connectivity index (χ1v) is 8.97. The van der Waals surface area contributed by atoms with Crippen LogP contribution in [0, 0.1) is 17.5 Å². The minimum atomic E-state index is -1.08. The monoisotopic (exact) mass is 389 g/mol. The molecule has 0 unspecified atom stereocenters. The average molecular weight is 389 g/mol. The fraction of sp³-hybridized carbons (Fsp3) is 0.300. The van der Waals surface area contributed by atoms with E-state index < -0.39 is 23.2 Å². The number of nitrogens with zero attached hydrogens (tertiary/aromatic N) is 1. The molecule has 1 spiro atoms. The Kier molecular flexibility index (Phi) is 4.49. The van der Waals surface area contributed by atoms with Crippen LogP contribution in [-0.4, -0.2) is 35.5 Å². The van der Waals surface area contributed by atoms with Gasteiger partial charge in [-0.2, -0.15) is 0 Å². The average Bonchev–Trinajstić information content (AvgIpc) is 2.66. The van der Waals surface area contributed by atoms with Gasteiger partial charge in [-0.3, -0.25) is 9.59 Å². The molecule has 0 bridgehead atoms. The fourth-order valence-corrected chi connectivity index (χ4v) is 3.69. The molecule has 2 aliphatic rings. The van der Waals surface area contributed by atoms with E-state index in [0.29, 0.717) is 25.9 Å². The van der Waals surface area contributed by atoms with E-state index in [0.717, 1.165) is 17.7 Å². The summed E-state index contributed by atoms with van der Waals surface area (Å²) in [5, 5.41) is 5.94. The number of hydrogen-bond acceptors (Lipinski definition) is 3. The van der Waals surface area contributed by atoms with E-state index in [4.69, 9.17) is 0 Å². The van der Waals surface area contributed by atoms with Crippen LogP contribution in [0.4, 0.5) is 18.9 Å². The Morgan fingerprint density at radius 2 is 1.64 bits per heavy atom. The van der Waals surface area contributed by atoms with E-state index in [-0.39, 0.29) is 29.4 Å². The van der Waals surface area contributed by atoms with Crippen LogP contribution < -0.4 is 10.6 Å². The maximum Gasteiger partial charge on any atom is 0.255 e. The molecule has 2 amide bonds. The summed E-state index contributed by atoms with van der Waals surface area (Å²) in [6.45, 7) is 0.790. The number of hydrogen-bond donors (Lipinski definition) is 2. The van der Waals surface area contributed by atoms with Crippen molar-refractivity contribution in [3.05, 3.63) is 65.0 Å². The number of fused-ring (bicyclic) bond motifs is 1. The topological polar surface area (TPSA) is 61.4 Å². The number of amides is 2. The molecule has 2 N–H and O–H groups in total. The van der Waals surface area contributed by atoms with Crippen LogP contribution in [0.15, 0.2) is 36.4 Å². The molecular weight excluding hydrogens is 371 g/mol. The van der Waals surface area contributed by atoms with Crippen LogP contribution in [0.1, 0.15) is 28.8 Å². The molecule has 4 rings (SSSR count). The van der Waals surface area contributed by atoms with Crippen LogP contribution in [0.25, 0.3) is 0 Å². The van der Waals surface area contributed by atoms with Gasteiger partial charge in [0.1, 0.15) is 11.5 Å². The fourth-order valence-electron chi connectivity index (χ4n) is 3.69. The Labute approximate surface area is 159 Å². The molecule has 8 heteroatoms. The summed E-state index contributed by atoms with van der Waals surface area (Å²) in [4.78, 5) is 26.5. The van der Waals surface area contributed by atoms with Crippen molar-refractivity contribution in [1.82, 2.24) is 10.2 Å². The molecule has 2 aromatic carbocycles. The van der Waals surface area contributed by atoms with Crippen LogP contribution in [0.5, 0.6) is 0 Å². The van der Waals surface area contributed by atoms with E-state index in [1.165, 1.54) is 12.1 Å². The normalized spacial score (nSPS) is 17.7. The van der Waals surface area contributed by atoms with E-state index in [9.17, 15) is 22.8 Å². The molecule has 5 nitrogen and oxygen atoms in total. The van der Waals surface area contributed by atoms with Crippen LogP contribution in [0.3, 0.4) is 0 Å². The van der Waals surface area contributed by atoms with Crippen LogP contribution in [0.2, 0.25) is 0 Å². The SMILES string of the molecule is O=C1NC2(CCN(C(=O)Cc3ccc(F)cc3)CC2)Nc2cc(F)c(F)cc21. The van der Waals surface area contributed by atoms with Crippen molar-refractivity contribution >= 4 is 17.5 Å². The lowest BCUT2D eigenvalue weighted by Crippen LogP contribution is -2.62. The highest BCUT2D eigenvalue weighted by Gasteiger charge is 2.41. The number of anilines is 1. The molecular formula is C20H18F3N3O2. The van der Waals surface area contributed by atoms with E-state index >= 15 is 0 Å². The van der Waals surface area contributed by atoms with Crippen molar-refractivity contribution in [2.24, 2.45) is 0 Å². The maximum atomic E-state index is 13.6. The van der Waals surface area contributed by atoms with Crippen LogP contribution >= 0.6 is 0 Å². The Morgan fingerprint density at radius 3 is 2.32 bits per heavy atom. The van der Waals surface area contributed by atoms with E-state index in [1.54, 1.807) is 17.0 Å². The minimum absolute atomic E-state index is 0.0549. The van der Waals surface area contributed by atoms with Gasteiger partial charge in [0.15, 0.2) is 11.6 Å². The van der Waals surface area contributed by atoms with Gasteiger partial charge in [0.05, 0.1) is 17.7 Å². The Morgan fingerprint density at radius 1 is 1.00 bits per heavy atom. The number of benzene rings is 2. The third-order valence-electron chi connectivity index (χ3n) is 5.27. The number of halogens is 3. The standard InChI is InChI=1S/C20H18F3N3O2/c21-13-3-1-12(2-4-13)9-18(27)26-7-5-20(6-8-26)24-17-11-16(23)15(22)10-14(17)19(28)25-20/h1-4,10-11,24H,5-9H2,(H,25,28). The highest BCUT2D eigenvalue weighted by molar-refractivity contribution is 6.02. The first-order valence-electron chi connectivity index (χ1n) is 8.97. The third-order valence-corrected chi connectivity index (χ3v) is 5.27. The summed E-state index contributed by atoms with van der Waals surface area (Å²) in [7, 11) is 0. The van der Waals surface area contributed by atoms with Gasteiger partial charge < -0.3 is 15.5 Å². The zero-order chi connectivity index (χ0) is 19.9. The summed E-state index contributed by atoms with van der Waals surface area (Å²) in [6.07, 6.45) is 1.01. The molecule has 0 radical (unpaired) electrons. The molecule has 2 aliphatic heterocycles. The smallest absolute Gasteiger partial charge is 0.255 e. The minimum Gasteiger partial charge on any atom is -0.362 e. The molecule has 2 aromatic rings. The Hall–Kier alpha value is -3.03. The lowest BCUT2D eigenvalue weighted by molar-refractivity contribution is -0.132. The van der Waals surface area contributed by atoms with Crippen molar-refractivity contribution < 1.29 is 22.8 Å². The van der Waals surface area contributed by atoms with Crippen molar-refractivity contribution in [3.8, 4) is 0 Å². The number of nitrogens with one attached hydrogen (secondary N) is 2. The van der Waals surface area contributed by atoms with Crippen LogP contribution in [-0.2, 0) is 11.2 Å². The van der Waals surface area contributed by atoms with Gasteiger partial charge in [-0.05, 0) is 23.8 Å². The summed E-state index contributed by atoms with van der Waals surface area (Å²) in [6, 6.07) is 7.64. The van der Waals surface area contributed by atoms with Gasteiger partial charge in [-0.25, -0.2) is 13.2 Å². The summed E-state index contributed by atoms with van der Waals surface area (Å²) >= 11 is 0. The second kappa shape index (κ2) is 6.85. The number of carbonyl (C=O) groups excluding carboxylic acids is 2. The Bertz CT molecular complexity index is 938. The quantitative estimate of drug-likeness (QED) is 0.831. The molecule has 146 valence electrons. The first-order chi connectivity index (χ1) is 13.3. The van der Waals surface area contributed by atoms with Gasteiger partial charge in [0.25, 0.3) is 5.91 Å². The zero-order valence-electron chi connectivity index (χ0n) is 14.9. The van der Waals surface area contributed by atoms with Gasteiger partial charge in [0.2, 0.25) is 5.91 Å². The predicted octanol–water partition coefficient (Wildman–Crippen LogP) is 2.82. The van der Waals surface area contributed by atoms with Gasteiger partial charge in [0, 0.05) is 32.0 Å². The largest absolute Gasteiger partial charge is 0.362 e.